The SMILES string of the molecule is C=C(Nc1ccc(C)c(-c2ccc3cc(NC(=C)C4CC4)ncc3c2)c1)c1ccc(C(C)N(C)C)cc1. The molecule has 4 heteroatoms. The second-order valence-corrected chi connectivity index (χ2v) is 10.5. The number of nitrogens with one attached hydrogen (secondary N) is 2. The standard InChI is InChI=1S/C33H36N4/c1-21-7-16-31(35-22(2)25-10-12-27(13-11-25)24(4)37(5)6)19-32(21)29-15-14-28-18-33(34-20-30(28)17-29)36-23(3)26-8-9-26/h7,10-20,24,26,35H,2-3,8-9H2,1,4-6H3,(H,34,36). The lowest BCUT2D eigenvalue weighted by Crippen LogP contribution is -2.16. The number of fused-ring (bicyclic) bond motifs is 1. The Bertz CT molecular complexity index is 1460. The van der Waals surface area contributed by atoms with Crippen LogP contribution in [0.3, 0.4) is 0 Å². The number of rotatable bonds is 9. The molecule has 1 saturated carbocycles. The van der Waals surface area contributed by atoms with Crippen molar-refractivity contribution in [3.05, 3.63) is 108 Å². The van der Waals surface area contributed by atoms with Gasteiger partial charge < -0.3 is 15.5 Å². The van der Waals surface area contributed by atoms with Gasteiger partial charge in [0.25, 0.3) is 0 Å². The van der Waals surface area contributed by atoms with Crippen molar-refractivity contribution in [2.24, 2.45) is 5.92 Å². The largest absolute Gasteiger partial charge is 0.356 e. The van der Waals surface area contributed by atoms with E-state index >= 15 is 0 Å². The Kier molecular flexibility index (Phi) is 6.86. The van der Waals surface area contributed by atoms with E-state index in [1.807, 2.05) is 6.20 Å². The summed E-state index contributed by atoms with van der Waals surface area (Å²) < 4.78 is 0. The van der Waals surface area contributed by atoms with E-state index in [0.717, 1.165) is 39.2 Å². The Balaban J connectivity index is 1.34. The molecule has 4 aromatic rings. The third-order valence-electron chi connectivity index (χ3n) is 7.44. The van der Waals surface area contributed by atoms with Crippen molar-refractivity contribution in [1.82, 2.24) is 9.88 Å². The summed E-state index contributed by atoms with van der Waals surface area (Å²) in [4.78, 5) is 6.84. The molecule has 4 nitrogen and oxygen atoms in total. The van der Waals surface area contributed by atoms with Gasteiger partial charge in [0.2, 0.25) is 0 Å². The van der Waals surface area contributed by atoms with E-state index in [2.05, 4.69) is 128 Å². The zero-order valence-electron chi connectivity index (χ0n) is 22.3. The lowest BCUT2D eigenvalue weighted by atomic mass is 9.97. The molecule has 0 amide bonds. The highest BCUT2D eigenvalue weighted by molar-refractivity contribution is 5.89. The van der Waals surface area contributed by atoms with Crippen molar-refractivity contribution in [1.29, 1.82) is 0 Å². The van der Waals surface area contributed by atoms with Crippen molar-refractivity contribution in [2.45, 2.75) is 32.7 Å². The maximum absolute atomic E-state index is 4.63. The molecule has 1 fully saturated rings. The van der Waals surface area contributed by atoms with Crippen molar-refractivity contribution >= 4 is 28.0 Å². The lowest BCUT2D eigenvalue weighted by molar-refractivity contribution is 0.321. The van der Waals surface area contributed by atoms with Crippen molar-refractivity contribution in [2.75, 3.05) is 24.7 Å². The average molecular weight is 489 g/mol. The summed E-state index contributed by atoms with van der Waals surface area (Å²) in [6.45, 7) is 12.8. The Morgan fingerprint density at radius 3 is 2.38 bits per heavy atom. The maximum Gasteiger partial charge on any atom is 0.130 e. The number of allylic oxidation sites excluding steroid dienone is 1. The Morgan fingerprint density at radius 1 is 0.919 bits per heavy atom. The number of benzene rings is 3. The Labute approximate surface area is 220 Å². The van der Waals surface area contributed by atoms with Crippen LogP contribution in [-0.2, 0) is 0 Å². The second-order valence-electron chi connectivity index (χ2n) is 10.5. The van der Waals surface area contributed by atoms with Crippen LogP contribution in [-0.4, -0.2) is 24.0 Å². The van der Waals surface area contributed by atoms with Crippen molar-refractivity contribution < 1.29 is 0 Å². The summed E-state index contributed by atoms with van der Waals surface area (Å²) in [5.41, 5.74) is 8.95. The molecule has 1 aliphatic rings. The predicted molar refractivity (Wildman–Crippen MR) is 159 cm³/mol. The van der Waals surface area contributed by atoms with E-state index in [4.69, 9.17) is 0 Å². The van der Waals surface area contributed by atoms with Gasteiger partial charge >= 0.3 is 0 Å². The van der Waals surface area contributed by atoms with Crippen LogP contribution in [0.5, 0.6) is 0 Å². The summed E-state index contributed by atoms with van der Waals surface area (Å²) in [5, 5.41) is 9.17. The molecule has 3 aromatic carbocycles. The van der Waals surface area contributed by atoms with Gasteiger partial charge in [0.05, 0.1) is 0 Å². The highest BCUT2D eigenvalue weighted by atomic mass is 15.1. The second kappa shape index (κ2) is 10.2. The number of aryl methyl sites for hydroxylation is 1. The van der Waals surface area contributed by atoms with Crippen LogP contribution in [0, 0.1) is 12.8 Å². The first-order valence-electron chi connectivity index (χ1n) is 13.0. The van der Waals surface area contributed by atoms with Crippen molar-refractivity contribution in [3.8, 4) is 11.1 Å². The van der Waals surface area contributed by atoms with Gasteiger partial charge in [0, 0.05) is 34.7 Å². The van der Waals surface area contributed by atoms with E-state index in [1.54, 1.807) is 0 Å². The molecule has 5 rings (SSSR count). The quantitative estimate of drug-likeness (QED) is 0.249. The van der Waals surface area contributed by atoms with Crippen LogP contribution in [0.15, 0.2) is 91.8 Å². The number of aromatic nitrogens is 1. The molecule has 1 atom stereocenters. The van der Waals surface area contributed by atoms with Gasteiger partial charge in [-0.3, -0.25) is 0 Å². The van der Waals surface area contributed by atoms with Gasteiger partial charge in [-0.2, -0.15) is 0 Å². The number of nitrogens with zero attached hydrogens (tertiary/aromatic N) is 2. The van der Waals surface area contributed by atoms with Crippen LogP contribution < -0.4 is 10.6 Å². The van der Waals surface area contributed by atoms with Gasteiger partial charge in [-0.25, -0.2) is 4.98 Å². The fraction of sp³-hybridized carbons (Fsp3) is 0.242. The molecular weight excluding hydrogens is 452 g/mol. The van der Waals surface area contributed by atoms with Gasteiger partial charge in [0.15, 0.2) is 0 Å². The fourth-order valence-electron chi connectivity index (χ4n) is 4.59. The first-order valence-corrected chi connectivity index (χ1v) is 13.0. The molecule has 1 heterocycles. The first kappa shape index (κ1) is 24.8. The molecule has 0 radical (unpaired) electrons. The van der Waals surface area contributed by atoms with E-state index in [9.17, 15) is 0 Å². The third kappa shape index (κ3) is 5.60. The smallest absolute Gasteiger partial charge is 0.130 e. The van der Waals surface area contributed by atoms with E-state index in [1.165, 1.54) is 35.1 Å². The molecule has 0 spiro atoms. The summed E-state index contributed by atoms with van der Waals surface area (Å²) in [6.07, 6.45) is 4.40. The summed E-state index contributed by atoms with van der Waals surface area (Å²) >= 11 is 0. The molecule has 0 aliphatic heterocycles. The maximum atomic E-state index is 4.63. The Morgan fingerprint density at radius 2 is 1.68 bits per heavy atom. The third-order valence-corrected chi connectivity index (χ3v) is 7.44. The predicted octanol–water partition coefficient (Wildman–Crippen LogP) is 8.25. The van der Waals surface area contributed by atoms with E-state index in [-0.39, 0.29) is 0 Å². The van der Waals surface area contributed by atoms with E-state index in [0.29, 0.717) is 12.0 Å². The van der Waals surface area contributed by atoms with Gasteiger partial charge in [-0.15, -0.1) is 0 Å². The summed E-state index contributed by atoms with van der Waals surface area (Å²) in [6, 6.07) is 24.2. The highest BCUT2D eigenvalue weighted by Crippen LogP contribution is 2.36. The molecular formula is C33H36N4. The monoisotopic (exact) mass is 488 g/mol. The fourth-order valence-corrected chi connectivity index (χ4v) is 4.59. The summed E-state index contributed by atoms with van der Waals surface area (Å²) in [5.74, 6) is 1.47. The zero-order valence-corrected chi connectivity index (χ0v) is 22.3. The number of hydrogen-bond acceptors (Lipinski definition) is 4. The molecule has 0 bridgehead atoms. The minimum absolute atomic E-state index is 0.372. The number of anilines is 2. The van der Waals surface area contributed by atoms with Crippen LogP contribution in [0.2, 0.25) is 0 Å². The molecule has 2 N–H and O–H groups in total. The van der Waals surface area contributed by atoms with Gasteiger partial charge in [-0.1, -0.05) is 55.6 Å². The molecule has 37 heavy (non-hydrogen) atoms. The van der Waals surface area contributed by atoms with Gasteiger partial charge in [-0.05, 0) is 104 Å². The Hall–Kier alpha value is -3.89. The molecule has 1 aromatic heterocycles. The normalized spacial score (nSPS) is 14.0. The topological polar surface area (TPSA) is 40.2 Å². The van der Waals surface area contributed by atoms with Gasteiger partial charge in [0.1, 0.15) is 5.82 Å². The van der Waals surface area contributed by atoms with E-state index < -0.39 is 0 Å². The first-order chi connectivity index (χ1) is 17.8. The highest BCUT2D eigenvalue weighted by Gasteiger charge is 2.24. The average Bonchev–Trinajstić information content (AvgIpc) is 3.75. The lowest BCUT2D eigenvalue weighted by Gasteiger charge is -2.20. The number of pyridine rings is 1. The minimum atomic E-state index is 0.372. The molecule has 1 unspecified atom stereocenters. The van der Waals surface area contributed by atoms with Crippen LogP contribution in [0.1, 0.15) is 42.5 Å². The van der Waals surface area contributed by atoms with Crippen LogP contribution in [0.4, 0.5) is 11.5 Å². The van der Waals surface area contributed by atoms with Crippen molar-refractivity contribution in [3.63, 3.8) is 0 Å². The number of hydrogen-bond donors (Lipinski definition) is 2. The molecule has 0 saturated heterocycles. The zero-order chi connectivity index (χ0) is 26.1. The summed E-state index contributed by atoms with van der Waals surface area (Å²) in [7, 11) is 4.20. The minimum Gasteiger partial charge on any atom is -0.356 e. The molecule has 188 valence electrons. The van der Waals surface area contributed by atoms with Crippen LogP contribution in [0.25, 0.3) is 27.6 Å². The molecule has 1 aliphatic carbocycles. The van der Waals surface area contributed by atoms with Crippen LogP contribution >= 0.6 is 0 Å².